The zero-order chi connectivity index (χ0) is 20.5. The Labute approximate surface area is 162 Å². The van der Waals surface area contributed by atoms with Crippen molar-refractivity contribution in [3.8, 4) is 11.5 Å². The largest absolute Gasteiger partial charge is 0.497 e. The molecule has 1 amide bonds. The summed E-state index contributed by atoms with van der Waals surface area (Å²) in [4.78, 5) is 15.7. The van der Waals surface area contributed by atoms with Gasteiger partial charge in [0.15, 0.2) is 0 Å². The van der Waals surface area contributed by atoms with Gasteiger partial charge in [-0.05, 0) is 36.8 Å². The number of carbonyl (C=O) groups excluding carboxylic acids is 1. The molecule has 9 heteroatoms. The first kappa shape index (κ1) is 19.7. The zero-order valence-electron chi connectivity index (χ0n) is 15.6. The highest BCUT2D eigenvalue weighted by atomic mass is 32.2. The summed E-state index contributed by atoms with van der Waals surface area (Å²) in [5.74, 6) is 0.830. The number of nitrogens with one attached hydrogen (secondary N) is 2. The van der Waals surface area contributed by atoms with Crippen molar-refractivity contribution >= 4 is 26.8 Å². The van der Waals surface area contributed by atoms with E-state index in [0.29, 0.717) is 28.3 Å². The van der Waals surface area contributed by atoms with Crippen molar-refractivity contribution in [1.82, 2.24) is 10.3 Å². The summed E-state index contributed by atoms with van der Waals surface area (Å²) >= 11 is 0. The number of carbonyl (C=O) groups is 1. The third-order valence-electron chi connectivity index (χ3n) is 4.40. The third-order valence-corrected chi connectivity index (χ3v) is 5.31. The topological polar surface area (TPSA) is 124 Å². The predicted octanol–water partition coefficient (Wildman–Crippen LogP) is 2.32. The van der Waals surface area contributed by atoms with Crippen LogP contribution in [0.5, 0.6) is 11.5 Å². The fourth-order valence-corrected chi connectivity index (χ4v) is 3.47. The Morgan fingerprint density at radius 1 is 1.14 bits per heavy atom. The summed E-state index contributed by atoms with van der Waals surface area (Å²) in [5.41, 5.74) is 1.64. The summed E-state index contributed by atoms with van der Waals surface area (Å²) < 4.78 is 33.6. The fraction of sp³-hybridized carbons (Fsp3) is 0.211. The molecule has 0 saturated carbocycles. The number of methoxy groups -OCH3 is 2. The normalized spacial score (nSPS) is 12.6. The van der Waals surface area contributed by atoms with E-state index in [9.17, 15) is 13.2 Å². The number of aromatic nitrogens is 1. The van der Waals surface area contributed by atoms with Gasteiger partial charge >= 0.3 is 0 Å². The van der Waals surface area contributed by atoms with Crippen LogP contribution in [-0.2, 0) is 10.0 Å². The Bertz CT molecular complexity index is 1140. The summed E-state index contributed by atoms with van der Waals surface area (Å²) in [6.07, 6.45) is 0. The van der Waals surface area contributed by atoms with Gasteiger partial charge in [-0.25, -0.2) is 13.6 Å². The molecule has 1 atom stereocenters. The van der Waals surface area contributed by atoms with Gasteiger partial charge in [0.05, 0.1) is 30.7 Å². The van der Waals surface area contributed by atoms with Crippen molar-refractivity contribution in [1.29, 1.82) is 0 Å². The average Bonchev–Trinajstić information content (AvgIpc) is 3.10. The first-order valence-corrected chi connectivity index (χ1v) is 9.96. The maximum atomic E-state index is 12.7. The van der Waals surface area contributed by atoms with Crippen LogP contribution in [-0.4, -0.2) is 33.5 Å². The van der Waals surface area contributed by atoms with E-state index in [1.54, 1.807) is 44.4 Å². The molecule has 3 aromatic rings. The van der Waals surface area contributed by atoms with E-state index in [2.05, 4.69) is 10.3 Å². The number of nitrogens with two attached hydrogens (primary N) is 1. The molecule has 4 N–H and O–H groups in total. The number of hydrogen-bond acceptors (Lipinski definition) is 5. The van der Waals surface area contributed by atoms with Crippen molar-refractivity contribution in [3.05, 3.63) is 53.7 Å². The predicted molar refractivity (Wildman–Crippen MR) is 105 cm³/mol. The molecule has 0 saturated heterocycles. The number of sulfonamides is 1. The minimum Gasteiger partial charge on any atom is -0.497 e. The second-order valence-corrected chi connectivity index (χ2v) is 7.85. The monoisotopic (exact) mass is 403 g/mol. The lowest BCUT2D eigenvalue weighted by Crippen LogP contribution is -2.27. The van der Waals surface area contributed by atoms with Gasteiger partial charge in [0.25, 0.3) is 5.91 Å². The molecule has 0 bridgehead atoms. The van der Waals surface area contributed by atoms with Crippen LogP contribution >= 0.6 is 0 Å². The number of primary sulfonamides is 1. The van der Waals surface area contributed by atoms with Crippen LogP contribution in [0.25, 0.3) is 10.9 Å². The van der Waals surface area contributed by atoms with E-state index in [0.717, 1.165) is 5.39 Å². The summed E-state index contributed by atoms with van der Waals surface area (Å²) in [7, 11) is -0.725. The molecule has 8 nitrogen and oxygen atoms in total. The summed E-state index contributed by atoms with van der Waals surface area (Å²) in [6.45, 7) is 1.76. The van der Waals surface area contributed by atoms with E-state index in [1.807, 2.05) is 0 Å². The number of H-pyrrole nitrogens is 1. The van der Waals surface area contributed by atoms with Gasteiger partial charge in [-0.15, -0.1) is 0 Å². The molecule has 0 radical (unpaired) electrons. The molecule has 3 rings (SSSR count). The van der Waals surface area contributed by atoms with Gasteiger partial charge in [0.2, 0.25) is 10.0 Å². The van der Waals surface area contributed by atoms with Crippen molar-refractivity contribution < 1.29 is 22.7 Å². The molecule has 1 unspecified atom stereocenters. The number of rotatable bonds is 6. The van der Waals surface area contributed by atoms with Crippen molar-refractivity contribution in [2.75, 3.05) is 14.2 Å². The lowest BCUT2D eigenvalue weighted by molar-refractivity contribution is 0.0935. The zero-order valence-corrected chi connectivity index (χ0v) is 16.5. The van der Waals surface area contributed by atoms with E-state index in [4.69, 9.17) is 14.6 Å². The minimum absolute atomic E-state index is 0.00598. The number of aromatic amines is 1. The van der Waals surface area contributed by atoms with Gasteiger partial charge in [0, 0.05) is 11.5 Å². The lowest BCUT2D eigenvalue weighted by Gasteiger charge is -2.14. The Morgan fingerprint density at radius 2 is 1.89 bits per heavy atom. The molecule has 0 aliphatic heterocycles. The van der Waals surface area contributed by atoms with Crippen LogP contribution in [0.2, 0.25) is 0 Å². The summed E-state index contributed by atoms with van der Waals surface area (Å²) in [5, 5.41) is 8.78. The van der Waals surface area contributed by atoms with Crippen LogP contribution in [0.3, 0.4) is 0 Å². The van der Waals surface area contributed by atoms with Crippen LogP contribution in [0.1, 0.15) is 29.0 Å². The van der Waals surface area contributed by atoms with Crippen molar-refractivity contribution in [2.45, 2.75) is 17.9 Å². The lowest BCUT2D eigenvalue weighted by atomic mass is 10.1. The molecular weight excluding hydrogens is 382 g/mol. The van der Waals surface area contributed by atoms with Gasteiger partial charge < -0.3 is 19.8 Å². The third kappa shape index (κ3) is 3.95. The first-order valence-electron chi connectivity index (χ1n) is 8.41. The Morgan fingerprint density at radius 3 is 2.54 bits per heavy atom. The molecular formula is C19H21N3O5S. The number of ether oxygens (including phenoxy) is 2. The van der Waals surface area contributed by atoms with E-state index >= 15 is 0 Å². The maximum Gasteiger partial charge on any atom is 0.268 e. The molecule has 1 aromatic heterocycles. The number of fused-ring (bicyclic) bond motifs is 1. The number of benzene rings is 2. The molecule has 28 heavy (non-hydrogen) atoms. The van der Waals surface area contributed by atoms with Crippen molar-refractivity contribution in [3.63, 3.8) is 0 Å². The maximum absolute atomic E-state index is 12.7. The molecule has 0 aliphatic rings. The molecule has 0 spiro atoms. The highest BCUT2D eigenvalue weighted by Crippen LogP contribution is 2.31. The fourth-order valence-electron chi connectivity index (χ4n) is 2.90. The molecule has 2 aromatic carbocycles. The molecule has 0 fully saturated rings. The molecule has 1 heterocycles. The smallest absolute Gasteiger partial charge is 0.268 e. The highest BCUT2D eigenvalue weighted by Gasteiger charge is 2.17. The first-order chi connectivity index (χ1) is 13.2. The average molecular weight is 403 g/mol. The molecule has 0 aliphatic carbocycles. The van der Waals surface area contributed by atoms with E-state index in [-0.39, 0.29) is 10.8 Å². The van der Waals surface area contributed by atoms with Gasteiger partial charge in [-0.3, -0.25) is 4.79 Å². The van der Waals surface area contributed by atoms with Gasteiger partial charge in [-0.1, -0.05) is 12.1 Å². The quantitative estimate of drug-likeness (QED) is 0.583. The van der Waals surface area contributed by atoms with Crippen LogP contribution < -0.4 is 19.9 Å². The standard InChI is InChI=1S/C19H21N3O5S/c1-11(12-5-4-6-15(8-12)28(20,24)25)21-19(23)16-9-13-7-14(26-2)10-17(27-3)18(13)22-16/h4-11,22H,1-3H3,(H,21,23)(H2,20,24,25). The Balaban J connectivity index is 1.87. The second-order valence-electron chi connectivity index (χ2n) is 6.29. The molecule has 148 valence electrons. The summed E-state index contributed by atoms with van der Waals surface area (Å²) in [6, 6.07) is 10.9. The highest BCUT2D eigenvalue weighted by molar-refractivity contribution is 7.89. The second kappa shape index (κ2) is 7.53. The van der Waals surface area contributed by atoms with Crippen LogP contribution in [0, 0.1) is 0 Å². The minimum atomic E-state index is -3.82. The SMILES string of the molecule is COc1cc(OC)c2[nH]c(C(=O)NC(C)c3cccc(S(N)(=O)=O)c3)cc2c1. The number of amides is 1. The Hall–Kier alpha value is -3.04. The Kier molecular flexibility index (Phi) is 5.30. The van der Waals surface area contributed by atoms with E-state index < -0.39 is 16.1 Å². The van der Waals surface area contributed by atoms with E-state index in [1.165, 1.54) is 19.2 Å². The van der Waals surface area contributed by atoms with Gasteiger partial charge in [0.1, 0.15) is 17.2 Å². The van der Waals surface area contributed by atoms with Crippen molar-refractivity contribution in [2.24, 2.45) is 5.14 Å². The van der Waals surface area contributed by atoms with Crippen LogP contribution in [0.15, 0.2) is 47.4 Å². The van der Waals surface area contributed by atoms with Crippen LogP contribution in [0.4, 0.5) is 0 Å². The number of hydrogen-bond donors (Lipinski definition) is 3. The van der Waals surface area contributed by atoms with Gasteiger partial charge in [-0.2, -0.15) is 0 Å².